The van der Waals surface area contributed by atoms with Gasteiger partial charge in [0.1, 0.15) is 30.0 Å². The number of amides is 2. The fraction of sp³-hybridized carbons (Fsp3) is 0.367. The van der Waals surface area contributed by atoms with Crippen LogP contribution in [0.4, 0.5) is 8.78 Å². The number of rotatable bonds is 9. The predicted octanol–water partition coefficient (Wildman–Crippen LogP) is 3.16. The molecule has 1 saturated heterocycles. The van der Waals surface area contributed by atoms with Gasteiger partial charge < -0.3 is 24.3 Å². The number of halogens is 2. The summed E-state index contributed by atoms with van der Waals surface area (Å²) >= 11 is 0. The van der Waals surface area contributed by atoms with Gasteiger partial charge in [-0.05, 0) is 25.0 Å². The predicted molar refractivity (Wildman–Crippen MR) is 146 cm³/mol. The Kier molecular flexibility index (Phi) is 8.46. The molecule has 11 heteroatoms. The van der Waals surface area contributed by atoms with Crippen molar-refractivity contribution in [2.75, 3.05) is 26.8 Å². The third kappa shape index (κ3) is 5.86. The molecule has 3 heterocycles. The van der Waals surface area contributed by atoms with Gasteiger partial charge in [-0.3, -0.25) is 19.3 Å². The molecule has 0 radical (unpaired) electrons. The second kappa shape index (κ2) is 12.2. The molecule has 2 aromatic carbocycles. The molecule has 41 heavy (non-hydrogen) atoms. The smallest absolute Gasteiger partial charge is 0.276 e. The molecule has 216 valence electrons. The highest BCUT2D eigenvalue weighted by molar-refractivity contribution is 5.99. The molecule has 0 saturated carbocycles. The van der Waals surface area contributed by atoms with E-state index in [1.165, 1.54) is 12.3 Å². The molecule has 5 rings (SSSR count). The van der Waals surface area contributed by atoms with Crippen LogP contribution in [-0.4, -0.2) is 65.2 Å². The van der Waals surface area contributed by atoms with Gasteiger partial charge in [0.25, 0.3) is 11.8 Å². The van der Waals surface area contributed by atoms with E-state index in [2.05, 4.69) is 10.2 Å². The maximum atomic E-state index is 14.2. The van der Waals surface area contributed by atoms with E-state index >= 15 is 0 Å². The molecule has 9 nitrogen and oxygen atoms in total. The average Bonchev–Trinajstić information content (AvgIpc) is 2.96. The molecule has 1 fully saturated rings. The Morgan fingerprint density at radius 1 is 1.12 bits per heavy atom. The first-order chi connectivity index (χ1) is 19.8. The summed E-state index contributed by atoms with van der Waals surface area (Å²) in [5, 5.41) is 2.54. The highest BCUT2D eigenvalue weighted by Crippen LogP contribution is 2.31. The van der Waals surface area contributed by atoms with E-state index in [1.54, 1.807) is 16.6 Å². The standard InChI is InChI=1S/C30H32F2N4O5/c1-19-10-11-34(12-13-40-2)25-17-35-16-23(29(38)33-15-21-8-9-22(31)14-24(21)32)27(37)28(26(35)30(39)36(19)25)41-18-20-6-4-3-5-7-20/h3-9,14,16,19,25H,10-13,15,17-18H2,1-2H3,(H,33,38). The van der Waals surface area contributed by atoms with Crippen molar-refractivity contribution in [1.82, 2.24) is 19.7 Å². The van der Waals surface area contributed by atoms with Crippen LogP contribution >= 0.6 is 0 Å². The number of methoxy groups -OCH3 is 1. The number of nitrogens with one attached hydrogen (secondary N) is 1. The number of hydrogen-bond acceptors (Lipinski definition) is 6. The van der Waals surface area contributed by atoms with E-state index in [4.69, 9.17) is 9.47 Å². The zero-order chi connectivity index (χ0) is 29.1. The summed E-state index contributed by atoms with van der Waals surface area (Å²) in [5.41, 5.74) is -0.0479. The Balaban J connectivity index is 1.52. The minimum atomic E-state index is -0.812. The Morgan fingerprint density at radius 3 is 2.63 bits per heavy atom. The largest absolute Gasteiger partial charge is 0.483 e. The van der Waals surface area contributed by atoms with Gasteiger partial charge in [-0.15, -0.1) is 0 Å². The molecule has 3 aromatic rings. The van der Waals surface area contributed by atoms with Gasteiger partial charge >= 0.3 is 0 Å². The van der Waals surface area contributed by atoms with Gasteiger partial charge in [-0.25, -0.2) is 8.78 Å². The molecular formula is C30H32F2N4O5. The lowest BCUT2D eigenvalue weighted by Crippen LogP contribution is -2.64. The first kappa shape index (κ1) is 28.4. The van der Waals surface area contributed by atoms with Crippen LogP contribution in [0.1, 0.15) is 45.3 Å². The quantitative estimate of drug-likeness (QED) is 0.428. The average molecular weight is 567 g/mol. The van der Waals surface area contributed by atoms with Crippen LogP contribution in [0.3, 0.4) is 0 Å². The van der Waals surface area contributed by atoms with Crippen molar-refractivity contribution in [3.05, 3.63) is 99.0 Å². The monoisotopic (exact) mass is 566 g/mol. The van der Waals surface area contributed by atoms with Crippen LogP contribution in [0.5, 0.6) is 5.75 Å². The fourth-order valence-electron chi connectivity index (χ4n) is 5.38. The van der Waals surface area contributed by atoms with Crippen molar-refractivity contribution >= 4 is 11.8 Å². The van der Waals surface area contributed by atoms with Gasteiger partial charge in [0.2, 0.25) is 5.43 Å². The minimum Gasteiger partial charge on any atom is -0.483 e. The van der Waals surface area contributed by atoms with Crippen LogP contribution < -0.4 is 15.5 Å². The van der Waals surface area contributed by atoms with Gasteiger partial charge in [0, 0.05) is 50.6 Å². The number of fused-ring (bicyclic) bond motifs is 2. The summed E-state index contributed by atoms with van der Waals surface area (Å²) in [6, 6.07) is 12.2. The van der Waals surface area contributed by atoms with E-state index in [0.717, 1.165) is 30.7 Å². The highest BCUT2D eigenvalue weighted by atomic mass is 19.1. The van der Waals surface area contributed by atoms with Crippen LogP contribution in [-0.2, 0) is 24.4 Å². The number of aromatic nitrogens is 1. The molecule has 0 spiro atoms. The van der Waals surface area contributed by atoms with Gasteiger partial charge in [0.05, 0.1) is 13.2 Å². The molecule has 2 aliphatic rings. The van der Waals surface area contributed by atoms with E-state index in [1.807, 2.05) is 37.3 Å². The summed E-state index contributed by atoms with van der Waals surface area (Å²) in [6.07, 6.45) is 1.83. The summed E-state index contributed by atoms with van der Waals surface area (Å²) in [7, 11) is 1.62. The van der Waals surface area contributed by atoms with E-state index in [-0.39, 0.29) is 53.8 Å². The van der Waals surface area contributed by atoms with Crippen molar-refractivity contribution < 1.29 is 27.8 Å². The fourth-order valence-corrected chi connectivity index (χ4v) is 5.38. The lowest BCUT2D eigenvalue weighted by atomic mass is 10.0. The van der Waals surface area contributed by atoms with Gasteiger partial charge in [-0.2, -0.15) is 0 Å². The zero-order valence-electron chi connectivity index (χ0n) is 22.9. The third-order valence-electron chi connectivity index (χ3n) is 7.59. The molecule has 2 atom stereocenters. The molecule has 0 aliphatic carbocycles. The maximum Gasteiger partial charge on any atom is 0.276 e. The van der Waals surface area contributed by atoms with Gasteiger partial charge in [-0.1, -0.05) is 36.4 Å². The number of nitrogens with zero attached hydrogens (tertiary/aromatic N) is 3. The number of carbonyl (C=O) groups excluding carboxylic acids is 2. The Morgan fingerprint density at radius 2 is 1.90 bits per heavy atom. The zero-order valence-corrected chi connectivity index (χ0v) is 22.9. The van der Waals surface area contributed by atoms with Gasteiger partial charge in [0.15, 0.2) is 11.4 Å². The highest BCUT2D eigenvalue weighted by Gasteiger charge is 2.43. The SMILES string of the molecule is COCCN1CCC(C)N2C(=O)c3c(OCc4ccccc4)c(=O)c(C(=O)NCc4ccc(F)cc4F)cn3CC12. The Hall–Kier alpha value is -4.09. The molecule has 2 amide bonds. The van der Waals surface area contributed by atoms with E-state index < -0.39 is 23.0 Å². The first-order valence-electron chi connectivity index (χ1n) is 13.5. The summed E-state index contributed by atoms with van der Waals surface area (Å²) in [4.78, 5) is 44.9. The van der Waals surface area contributed by atoms with Crippen LogP contribution in [0, 0.1) is 11.6 Å². The molecule has 0 bridgehead atoms. The second-order valence-electron chi connectivity index (χ2n) is 10.3. The topological polar surface area (TPSA) is 93.1 Å². The minimum absolute atomic E-state index is 0.0150. The van der Waals surface area contributed by atoms with E-state index in [0.29, 0.717) is 19.7 Å². The number of benzene rings is 2. The molecular weight excluding hydrogens is 534 g/mol. The number of ether oxygens (including phenoxy) is 2. The lowest BCUT2D eigenvalue weighted by Gasteiger charge is -2.50. The van der Waals surface area contributed by atoms with Crippen molar-refractivity contribution in [3.8, 4) is 5.75 Å². The second-order valence-corrected chi connectivity index (χ2v) is 10.3. The van der Waals surface area contributed by atoms with Crippen molar-refractivity contribution in [2.45, 2.75) is 45.2 Å². The van der Waals surface area contributed by atoms with Crippen LogP contribution in [0.2, 0.25) is 0 Å². The Labute approximate surface area is 236 Å². The van der Waals surface area contributed by atoms with Crippen LogP contribution in [0.15, 0.2) is 59.5 Å². The van der Waals surface area contributed by atoms with Crippen LogP contribution in [0.25, 0.3) is 0 Å². The maximum absolute atomic E-state index is 14.2. The first-order valence-corrected chi connectivity index (χ1v) is 13.5. The number of pyridine rings is 1. The van der Waals surface area contributed by atoms with E-state index in [9.17, 15) is 23.2 Å². The molecule has 1 aromatic heterocycles. The normalized spacial score (nSPS) is 18.5. The van der Waals surface area contributed by atoms with Crippen molar-refractivity contribution in [2.24, 2.45) is 0 Å². The number of carbonyl (C=O) groups is 2. The molecule has 1 N–H and O–H groups in total. The summed E-state index contributed by atoms with van der Waals surface area (Å²) in [6.45, 7) is 3.91. The third-order valence-corrected chi connectivity index (χ3v) is 7.59. The number of hydrogen-bond donors (Lipinski definition) is 1. The van der Waals surface area contributed by atoms with Crippen molar-refractivity contribution in [3.63, 3.8) is 0 Å². The summed E-state index contributed by atoms with van der Waals surface area (Å²) < 4.78 is 40.3. The van der Waals surface area contributed by atoms with Crippen molar-refractivity contribution in [1.29, 1.82) is 0 Å². The lowest BCUT2D eigenvalue weighted by molar-refractivity contribution is -0.0397. The summed E-state index contributed by atoms with van der Waals surface area (Å²) in [5.74, 6) is -2.87. The Bertz CT molecular complexity index is 1490. The molecule has 2 unspecified atom stereocenters. The molecule has 2 aliphatic heterocycles.